The van der Waals surface area contributed by atoms with Gasteiger partial charge in [-0.15, -0.1) is 0 Å². The summed E-state index contributed by atoms with van der Waals surface area (Å²) in [5.41, 5.74) is 0.778. The van der Waals surface area contributed by atoms with Crippen molar-refractivity contribution in [3.63, 3.8) is 0 Å². The Balaban J connectivity index is 0.000000391. The number of nitrogens with one attached hydrogen (secondary N) is 1. The van der Waals surface area contributed by atoms with Crippen LogP contribution in [0.2, 0.25) is 0 Å². The maximum atomic E-state index is 11.6. The van der Waals surface area contributed by atoms with E-state index in [1.54, 1.807) is 24.3 Å². The predicted molar refractivity (Wildman–Crippen MR) is 151 cm³/mol. The largest absolute Gasteiger partial charge is 0.445 e. The van der Waals surface area contributed by atoms with Gasteiger partial charge in [-0.3, -0.25) is 9.35 Å². The highest BCUT2D eigenvalue weighted by Crippen LogP contribution is 2.23. The summed E-state index contributed by atoms with van der Waals surface area (Å²) >= 11 is 0. The van der Waals surface area contributed by atoms with Crippen LogP contribution in [0.1, 0.15) is 91.5 Å². The van der Waals surface area contributed by atoms with Gasteiger partial charge >= 0.3 is 16.4 Å². The lowest BCUT2D eigenvalue weighted by Crippen LogP contribution is -2.70. The number of rotatable bonds is 16. The van der Waals surface area contributed by atoms with Gasteiger partial charge in [0.05, 0.1) is 32.2 Å². The summed E-state index contributed by atoms with van der Waals surface area (Å²) in [4.78, 5) is 23.1. The summed E-state index contributed by atoms with van der Waals surface area (Å²) in [7, 11) is -4.60. The third kappa shape index (κ3) is 11.3. The standard InChI is InChI=1S/C16H36N.C12H14N2O6S/c1-5-9-13-17(14-10-6-2,15-11-7-3)16-12-8-4;1-8-10(11(15)14(8)21(17,18)19)13-12(16)20-7-9-5-3-2-4-6-9/h5-16H2,1-4H3;2-6,8,10H,7H2,1H3,(H,13,16)(H,17,18,19)/q+1;/t;8-,10-/m.0/s1. The Morgan fingerprint density at radius 2 is 1.37 bits per heavy atom. The fourth-order valence-corrected chi connectivity index (χ4v) is 5.52. The van der Waals surface area contributed by atoms with Crippen molar-refractivity contribution in [2.24, 2.45) is 0 Å². The maximum Gasteiger partial charge on any atom is 0.408 e. The Kier molecular flexibility index (Phi) is 15.5. The van der Waals surface area contributed by atoms with Crippen LogP contribution in [-0.2, 0) is 26.4 Å². The molecule has 38 heavy (non-hydrogen) atoms. The Hall–Kier alpha value is -2.17. The molecule has 9 nitrogen and oxygen atoms in total. The first-order valence-electron chi connectivity index (χ1n) is 14.2. The maximum absolute atomic E-state index is 11.6. The molecule has 0 bridgehead atoms. The highest BCUT2D eigenvalue weighted by atomic mass is 32.2. The lowest BCUT2D eigenvalue weighted by atomic mass is 10.0. The topological polar surface area (TPSA) is 113 Å². The van der Waals surface area contributed by atoms with Crippen LogP contribution >= 0.6 is 0 Å². The van der Waals surface area contributed by atoms with Crippen LogP contribution in [0.25, 0.3) is 0 Å². The normalized spacial score (nSPS) is 17.3. The van der Waals surface area contributed by atoms with Crippen LogP contribution in [-0.4, -0.2) is 72.0 Å². The average Bonchev–Trinajstić information content (AvgIpc) is 2.90. The zero-order valence-electron chi connectivity index (χ0n) is 24.0. The molecule has 1 aromatic rings. The van der Waals surface area contributed by atoms with Crippen molar-refractivity contribution in [3.8, 4) is 0 Å². The van der Waals surface area contributed by atoms with Crippen molar-refractivity contribution in [1.29, 1.82) is 0 Å². The molecule has 1 aliphatic heterocycles. The number of amides is 2. The monoisotopic (exact) mass is 556 g/mol. The molecule has 218 valence electrons. The number of alkyl carbamates (subject to hydrolysis) is 1. The van der Waals surface area contributed by atoms with Gasteiger partial charge in [-0.25, -0.2) is 9.10 Å². The minimum Gasteiger partial charge on any atom is -0.445 e. The van der Waals surface area contributed by atoms with E-state index in [1.807, 2.05) is 6.07 Å². The van der Waals surface area contributed by atoms with Gasteiger partial charge in [-0.2, -0.15) is 8.42 Å². The van der Waals surface area contributed by atoms with E-state index in [0.717, 1.165) is 5.56 Å². The molecular weight excluding hydrogens is 506 g/mol. The van der Waals surface area contributed by atoms with E-state index in [9.17, 15) is 18.0 Å². The molecule has 1 fully saturated rings. The van der Waals surface area contributed by atoms with Crippen molar-refractivity contribution in [2.75, 3.05) is 26.2 Å². The second-order valence-electron chi connectivity index (χ2n) is 10.2. The van der Waals surface area contributed by atoms with Crippen molar-refractivity contribution in [3.05, 3.63) is 35.9 Å². The number of hydrogen-bond acceptors (Lipinski definition) is 5. The number of carbonyl (C=O) groups excluding carboxylic acids is 2. The second kappa shape index (κ2) is 17.4. The van der Waals surface area contributed by atoms with Crippen LogP contribution < -0.4 is 5.32 Å². The molecule has 1 aromatic carbocycles. The average molecular weight is 557 g/mol. The first kappa shape index (κ1) is 33.9. The summed E-state index contributed by atoms with van der Waals surface area (Å²) in [6, 6.07) is 7.04. The zero-order valence-corrected chi connectivity index (χ0v) is 24.8. The molecule has 2 amide bonds. The van der Waals surface area contributed by atoms with Crippen LogP contribution in [0.3, 0.4) is 0 Å². The quantitative estimate of drug-likeness (QED) is 0.162. The van der Waals surface area contributed by atoms with E-state index in [1.165, 1.54) is 89.0 Å². The van der Waals surface area contributed by atoms with E-state index < -0.39 is 34.4 Å². The van der Waals surface area contributed by atoms with Crippen LogP contribution in [0.5, 0.6) is 0 Å². The van der Waals surface area contributed by atoms with Gasteiger partial charge in [0.1, 0.15) is 12.6 Å². The van der Waals surface area contributed by atoms with Gasteiger partial charge in [0, 0.05) is 0 Å². The highest BCUT2D eigenvalue weighted by molar-refractivity contribution is 7.84. The number of hydrogen-bond donors (Lipinski definition) is 2. The third-order valence-corrected chi connectivity index (χ3v) is 8.02. The molecule has 0 aliphatic carbocycles. The molecule has 0 saturated carbocycles. The summed E-state index contributed by atoms with van der Waals surface area (Å²) in [6.45, 7) is 16.4. The van der Waals surface area contributed by atoms with Gasteiger partial charge in [-0.05, 0) is 38.2 Å². The number of carbonyl (C=O) groups is 2. The molecule has 0 radical (unpaired) electrons. The number of β-lactam (4-membered cyclic amide) rings is 1. The number of nitrogens with zero attached hydrogens (tertiary/aromatic N) is 2. The lowest BCUT2D eigenvalue weighted by Gasteiger charge is -2.41. The molecule has 2 N–H and O–H groups in total. The molecule has 1 aliphatic rings. The van der Waals surface area contributed by atoms with Crippen LogP contribution in [0.15, 0.2) is 30.3 Å². The van der Waals surface area contributed by atoms with Gasteiger partial charge in [0.15, 0.2) is 0 Å². The van der Waals surface area contributed by atoms with Gasteiger partial charge < -0.3 is 14.5 Å². The van der Waals surface area contributed by atoms with Gasteiger partial charge in [0.2, 0.25) is 0 Å². The first-order valence-corrected chi connectivity index (χ1v) is 15.6. The second-order valence-corrected chi connectivity index (χ2v) is 11.5. The first-order chi connectivity index (χ1) is 18.0. The summed E-state index contributed by atoms with van der Waals surface area (Å²) < 4.78 is 37.2. The number of unbranched alkanes of at least 4 members (excludes halogenated alkanes) is 4. The predicted octanol–water partition coefficient (Wildman–Crippen LogP) is 5.32. The molecule has 10 heteroatoms. The molecule has 1 saturated heterocycles. The van der Waals surface area contributed by atoms with E-state index >= 15 is 0 Å². The molecule has 0 spiro atoms. The number of quaternary nitrogens is 1. The Morgan fingerprint density at radius 1 is 0.921 bits per heavy atom. The molecule has 0 aromatic heterocycles. The van der Waals surface area contributed by atoms with Crippen molar-refractivity contribution in [2.45, 2.75) is 105 Å². The summed E-state index contributed by atoms with van der Waals surface area (Å²) in [5, 5.41) is 2.26. The summed E-state index contributed by atoms with van der Waals surface area (Å²) in [5.74, 6) is -0.901. The third-order valence-electron chi connectivity index (χ3n) is 7.01. The molecule has 0 unspecified atom stereocenters. The minimum absolute atomic E-state index is 0.0317. The highest BCUT2D eigenvalue weighted by Gasteiger charge is 2.51. The van der Waals surface area contributed by atoms with Gasteiger partial charge in [-0.1, -0.05) is 83.7 Å². The Bertz CT molecular complexity index is 888. The molecule has 1 heterocycles. The zero-order chi connectivity index (χ0) is 28.6. The SMILES string of the molecule is CCCC[N+](CCCC)(CCCC)CCCC.C[C@H]1[C@H](NC(=O)OCc2ccccc2)C(=O)N1S(=O)(=O)O. The smallest absolute Gasteiger partial charge is 0.408 e. The van der Waals surface area contributed by atoms with E-state index in [2.05, 4.69) is 33.0 Å². The van der Waals surface area contributed by atoms with Crippen molar-refractivity contribution in [1.82, 2.24) is 9.62 Å². The fraction of sp³-hybridized carbons (Fsp3) is 0.714. The minimum atomic E-state index is -4.60. The van der Waals surface area contributed by atoms with E-state index in [0.29, 0.717) is 4.31 Å². The van der Waals surface area contributed by atoms with Crippen molar-refractivity contribution >= 4 is 22.3 Å². The van der Waals surface area contributed by atoms with Crippen molar-refractivity contribution < 1.29 is 31.8 Å². The lowest BCUT2D eigenvalue weighted by molar-refractivity contribution is -0.929. The van der Waals surface area contributed by atoms with Crippen LogP contribution in [0, 0.1) is 0 Å². The molecule has 2 rings (SSSR count). The Morgan fingerprint density at radius 3 is 1.74 bits per heavy atom. The molecule has 2 atom stereocenters. The summed E-state index contributed by atoms with van der Waals surface area (Å²) in [6.07, 6.45) is 10.2. The van der Waals surface area contributed by atoms with E-state index in [4.69, 9.17) is 9.29 Å². The Labute approximate surface area is 230 Å². The fourth-order valence-electron chi connectivity index (χ4n) is 4.64. The number of ether oxygens (including phenoxy) is 1. The van der Waals surface area contributed by atoms with E-state index in [-0.39, 0.29) is 6.61 Å². The molecular formula is C28H50N3O6S+. The van der Waals surface area contributed by atoms with Crippen LogP contribution in [0.4, 0.5) is 4.79 Å². The number of benzene rings is 1. The van der Waals surface area contributed by atoms with Gasteiger partial charge in [0.25, 0.3) is 5.91 Å².